The van der Waals surface area contributed by atoms with Crippen molar-refractivity contribution in [3.05, 3.63) is 65.5 Å². The van der Waals surface area contributed by atoms with Crippen molar-refractivity contribution in [3.63, 3.8) is 0 Å². The van der Waals surface area contributed by atoms with E-state index in [9.17, 15) is 9.59 Å². The summed E-state index contributed by atoms with van der Waals surface area (Å²) in [5.74, 6) is -0.790. The first-order chi connectivity index (χ1) is 12.9. The molecule has 1 aliphatic rings. The Kier molecular flexibility index (Phi) is 5.37. The Morgan fingerprint density at radius 2 is 1.96 bits per heavy atom. The minimum atomic E-state index is -0.540. The molecular formula is C21H22N2O3S. The van der Waals surface area contributed by atoms with Gasteiger partial charge in [0.1, 0.15) is 5.03 Å². The Balaban J connectivity index is 1.73. The largest absolute Gasteiger partial charge is 0.454 e. The van der Waals surface area contributed by atoms with Gasteiger partial charge in [0.25, 0.3) is 0 Å². The number of hydrogen-bond donors (Lipinski definition) is 0. The van der Waals surface area contributed by atoms with Gasteiger partial charge in [0.2, 0.25) is 0 Å². The molecular weight excluding hydrogens is 360 g/mol. The number of thioether (sulfide) groups is 1. The second-order valence-electron chi connectivity index (χ2n) is 6.83. The number of allylic oxidation sites excluding steroid dienone is 1. The Hall–Kier alpha value is -2.60. The number of carbonyl (C=O) groups excluding carboxylic acids is 2. The smallest absolute Gasteiger partial charge is 0.341 e. The average Bonchev–Trinajstić information content (AvgIpc) is 2.87. The number of ether oxygens (including phenoxy) is 1. The second-order valence-corrected chi connectivity index (χ2v) is 7.63. The number of hydrogen-bond acceptors (Lipinski definition) is 6. The van der Waals surface area contributed by atoms with Crippen molar-refractivity contribution in [2.45, 2.75) is 24.3 Å². The first kappa shape index (κ1) is 19.2. The van der Waals surface area contributed by atoms with Crippen molar-refractivity contribution in [1.82, 2.24) is 4.98 Å². The zero-order valence-corrected chi connectivity index (χ0v) is 16.7. The number of ketones is 1. The van der Waals surface area contributed by atoms with Crippen LogP contribution in [0, 0.1) is 0 Å². The number of fused-ring (bicyclic) bond motifs is 1. The summed E-state index contributed by atoms with van der Waals surface area (Å²) in [6, 6.07) is 11.4. The molecule has 0 saturated carbocycles. The van der Waals surface area contributed by atoms with Crippen molar-refractivity contribution in [2.24, 2.45) is 0 Å². The summed E-state index contributed by atoms with van der Waals surface area (Å²) < 4.78 is 5.22. The van der Waals surface area contributed by atoms with Gasteiger partial charge < -0.3 is 9.64 Å². The van der Waals surface area contributed by atoms with Crippen LogP contribution < -0.4 is 4.90 Å². The average molecular weight is 382 g/mol. The maximum atomic E-state index is 12.5. The third-order valence-corrected chi connectivity index (χ3v) is 5.48. The molecule has 0 radical (unpaired) electrons. The lowest BCUT2D eigenvalue weighted by Crippen LogP contribution is -2.25. The predicted molar refractivity (Wildman–Crippen MR) is 107 cm³/mol. The van der Waals surface area contributed by atoms with Gasteiger partial charge in [-0.1, -0.05) is 32.0 Å². The molecule has 3 rings (SSSR count). The molecule has 0 saturated heterocycles. The quantitative estimate of drug-likeness (QED) is 0.445. The van der Waals surface area contributed by atoms with E-state index < -0.39 is 5.97 Å². The summed E-state index contributed by atoms with van der Waals surface area (Å²) in [5.41, 5.74) is 3.22. The first-order valence-corrected chi connectivity index (χ1v) is 9.83. The van der Waals surface area contributed by atoms with Gasteiger partial charge in [-0.25, -0.2) is 9.78 Å². The Morgan fingerprint density at radius 1 is 1.22 bits per heavy atom. The summed E-state index contributed by atoms with van der Waals surface area (Å²) >= 11 is 1.36. The predicted octanol–water partition coefficient (Wildman–Crippen LogP) is 3.84. The van der Waals surface area contributed by atoms with Gasteiger partial charge in [-0.05, 0) is 30.0 Å². The number of likely N-dealkylation sites (N-methyl/N-ethyl adjacent to an activating group) is 1. The molecule has 0 aliphatic carbocycles. The van der Waals surface area contributed by atoms with Gasteiger partial charge in [0.05, 0.1) is 5.56 Å². The summed E-state index contributed by atoms with van der Waals surface area (Å²) in [6.07, 6.45) is 5.03. The molecule has 6 heteroatoms. The minimum absolute atomic E-state index is 0.249. The van der Waals surface area contributed by atoms with E-state index in [0.717, 1.165) is 11.4 Å². The van der Waals surface area contributed by atoms with Crippen LogP contribution in [0.2, 0.25) is 0 Å². The number of nitrogens with zero attached hydrogens (tertiary/aromatic N) is 2. The molecule has 5 nitrogen and oxygen atoms in total. The normalized spacial score (nSPS) is 16.3. The molecule has 2 heterocycles. The summed E-state index contributed by atoms with van der Waals surface area (Å²) in [7, 11) is 1.94. The second kappa shape index (κ2) is 7.56. The monoisotopic (exact) mass is 382 g/mol. The summed E-state index contributed by atoms with van der Waals surface area (Å²) in [6.45, 7) is 3.87. The van der Waals surface area contributed by atoms with E-state index in [1.807, 2.05) is 36.4 Å². The standard InChI is InChI=1S/C21H22N2O3S/c1-21(2)16-9-5-6-10-17(16)23(3)18(21)12-14(24)13-26-20(25)15-8-7-11-22-19(15)27-4/h5-12H,13H2,1-4H3/b18-12+. The van der Waals surface area contributed by atoms with Crippen LogP contribution in [0.4, 0.5) is 5.69 Å². The Labute approximate surface area is 163 Å². The highest BCUT2D eigenvalue weighted by atomic mass is 32.2. The number of carbonyl (C=O) groups is 2. The fourth-order valence-electron chi connectivity index (χ4n) is 3.38. The number of esters is 1. The molecule has 27 heavy (non-hydrogen) atoms. The topological polar surface area (TPSA) is 59.5 Å². The van der Waals surface area contributed by atoms with Crippen LogP contribution >= 0.6 is 11.8 Å². The van der Waals surface area contributed by atoms with Crippen LogP contribution in [0.1, 0.15) is 29.8 Å². The van der Waals surface area contributed by atoms with Crippen molar-refractivity contribution in [3.8, 4) is 0 Å². The van der Waals surface area contributed by atoms with Gasteiger partial charge in [-0.15, -0.1) is 11.8 Å². The zero-order chi connectivity index (χ0) is 19.6. The molecule has 0 unspecified atom stereocenters. The highest BCUT2D eigenvalue weighted by molar-refractivity contribution is 7.98. The van der Waals surface area contributed by atoms with Gasteiger partial charge in [0, 0.05) is 36.1 Å². The minimum Gasteiger partial charge on any atom is -0.454 e. The molecule has 0 atom stereocenters. The van der Waals surface area contributed by atoms with Crippen molar-refractivity contribution in [1.29, 1.82) is 0 Å². The molecule has 0 amide bonds. The highest BCUT2D eigenvalue weighted by Crippen LogP contribution is 2.46. The van der Waals surface area contributed by atoms with Crippen molar-refractivity contribution in [2.75, 3.05) is 24.8 Å². The lowest BCUT2D eigenvalue weighted by atomic mass is 9.83. The fourth-order valence-corrected chi connectivity index (χ4v) is 3.91. The molecule has 140 valence electrons. The van der Waals surface area contributed by atoms with E-state index in [1.54, 1.807) is 24.4 Å². The number of pyridine rings is 1. The van der Waals surface area contributed by atoms with Gasteiger partial charge in [0.15, 0.2) is 12.4 Å². The van der Waals surface area contributed by atoms with Crippen LogP contribution in [0.3, 0.4) is 0 Å². The lowest BCUT2D eigenvalue weighted by Gasteiger charge is -2.23. The number of rotatable bonds is 5. The van der Waals surface area contributed by atoms with Crippen LogP contribution in [0.15, 0.2) is 59.4 Å². The van der Waals surface area contributed by atoms with Gasteiger partial charge in [-0.3, -0.25) is 4.79 Å². The third kappa shape index (κ3) is 3.62. The number of benzene rings is 1. The van der Waals surface area contributed by atoms with Crippen molar-refractivity contribution < 1.29 is 14.3 Å². The maximum Gasteiger partial charge on any atom is 0.341 e. The van der Waals surface area contributed by atoms with Crippen LogP contribution in [-0.2, 0) is 14.9 Å². The molecule has 0 spiro atoms. The number of aromatic nitrogens is 1. The Morgan fingerprint density at radius 3 is 2.67 bits per heavy atom. The van der Waals surface area contributed by atoms with Crippen LogP contribution in [-0.4, -0.2) is 36.6 Å². The zero-order valence-electron chi connectivity index (χ0n) is 15.9. The molecule has 1 aliphatic heterocycles. The number of para-hydroxylation sites is 1. The summed E-state index contributed by atoms with van der Waals surface area (Å²) in [4.78, 5) is 30.9. The Bertz CT molecular complexity index is 921. The van der Waals surface area contributed by atoms with E-state index >= 15 is 0 Å². The van der Waals surface area contributed by atoms with Crippen molar-refractivity contribution >= 4 is 29.2 Å². The lowest BCUT2D eigenvalue weighted by molar-refractivity contribution is -0.117. The SMILES string of the molecule is CSc1ncccc1C(=O)OCC(=O)/C=C1/N(C)c2ccccc2C1(C)C. The van der Waals surface area contributed by atoms with Crippen LogP contribution in [0.25, 0.3) is 0 Å². The fraction of sp³-hybridized carbons (Fsp3) is 0.286. The molecule has 1 aromatic carbocycles. The molecule has 1 aromatic heterocycles. The van der Waals surface area contributed by atoms with Gasteiger partial charge >= 0.3 is 5.97 Å². The molecule has 0 bridgehead atoms. The van der Waals surface area contributed by atoms with E-state index in [0.29, 0.717) is 10.6 Å². The van der Waals surface area contributed by atoms with Gasteiger partial charge in [-0.2, -0.15) is 0 Å². The summed E-state index contributed by atoms with van der Waals surface area (Å²) in [5, 5.41) is 0.584. The van der Waals surface area contributed by atoms with E-state index in [-0.39, 0.29) is 17.8 Å². The molecule has 2 aromatic rings. The maximum absolute atomic E-state index is 12.5. The first-order valence-electron chi connectivity index (χ1n) is 8.60. The molecule has 0 fully saturated rings. The van der Waals surface area contributed by atoms with Crippen LogP contribution in [0.5, 0.6) is 0 Å². The highest BCUT2D eigenvalue weighted by Gasteiger charge is 2.38. The van der Waals surface area contributed by atoms with E-state index in [4.69, 9.17) is 4.74 Å². The van der Waals surface area contributed by atoms with E-state index in [1.165, 1.54) is 17.3 Å². The van der Waals surface area contributed by atoms with E-state index in [2.05, 4.69) is 24.9 Å². The third-order valence-electron chi connectivity index (χ3n) is 4.77. The number of anilines is 1. The molecule has 0 N–H and O–H groups in total.